The monoisotopic (exact) mass is 214 g/mol. The number of aliphatic hydroxyl groups excluding tert-OH is 1. The number of hydrogen-bond acceptors (Lipinski definition) is 2. The summed E-state index contributed by atoms with van der Waals surface area (Å²) in [6, 6.07) is 0. The topological polar surface area (TPSA) is 29.5 Å². The molecule has 1 saturated heterocycles. The van der Waals surface area contributed by atoms with E-state index in [0.29, 0.717) is 13.2 Å². The molecule has 0 aromatic carbocycles. The van der Waals surface area contributed by atoms with Gasteiger partial charge in [0, 0.05) is 13.2 Å². The first-order valence-corrected chi connectivity index (χ1v) is 4.70. The van der Waals surface area contributed by atoms with Crippen LogP contribution in [-0.2, 0) is 4.74 Å². The van der Waals surface area contributed by atoms with E-state index in [2.05, 4.69) is 11.6 Å². The molecule has 13 heavy (non-hydrogen) atoms. The highest BCUT2D eigenvalue weighted by Crippen LogP contribution is 2.30. The Balaban J connectivity index is 2.30. The molecule has 1 rings (SSSR count). The molecule has 1 heterocycles. The van der Waals surface area contributed by atoms with Crippen LogP contribution in [0.2, 0.25) is 0 Å². The minimum absolute atomic E-state index is 0.0554. The Morgan fingerprint density at radius 2 is 2.00 bits per heavy atom. The van der Waals surface area contributed by atoms with Crippen LogP contribution in [0.15, 0.2) is 0 Å². The lowest BCUT2D eigenvalue weighted by Gasteiger charge is -2.25. The van der Waals surface area contributed by atoms with Gasteiger partial charge in [0.05, 0.1) is 0 Å². The maximum Gasteiger partial charge on any atom is 0.347 e. The van der Waals surface area contributed by atoms with Crippen molar-refractivity contribution in [1.82, 2.24) is 0 Å². The molecule has 0 aromatic rings. The predicted octanol–water partition coefficient (Wildman–Crippen LogP) is 2.00. The highest BCUT2D eigenvalue weighted by molar-refractivity contribution is 6.22. The summed E-state index contributed by atoms with van der Waals surface area (Å²) < 4.78 is 29.8. The van der Waals surface area contributed by atoms with Gasteiger partial charge in [-0.3, -0.25) is 0 Å². The SMILES string of the molecule is OC(CC1CCOCC1)C(F)(F)Cl. The summed E-state index contributed by atoms with van der Waals surface area (Å²) in [5, 5.41) is 5.51. The maximum absolute atomic E-state index is 12.4. The van der Waals surface area contributed by atoms with Crippen LogP contribution in [0.1, 0.15) is 19.3 Å². The molecule has 1 atom stereocenters. The molecule has 78 valence electrons. The number of ether oxygens (including phenoxy) is 1. The summed E-state index contributed by atoms with van der Waals surface area (Å²) in [7, 11) is 0. The molecule has 0 spiro atoms. The van der Waals surface area contributed by atoms with Gasteiger partial charge >= 0.3 is 5.38 Å². The summed E-state index contributed by atoms with van der Waals surface area (Å²) in [6.45, 7) is 1.18. The number of halogens is 3. The summed E-state index contributed by atoms with van der Waals surface area (Å²) in [4.78, 5) is 0. The maximum atomic E-state index is 12.4. The third-order valence-electron chi connectivity index (χ3n) is 2.28. The molecule has 0 radical (unpaired) electrons. The zero-order valence-electron chi connectivity index (χ0n) is 7.18. The summed E-state index contributed by atoms with van der Waals surface area (Å²) in [5.41, 5.74) is 0. The second kappa shape index (κ2) is 4.53. The first-order valence-electron chi connectivity index (χ1n) is 4.32. The molecule has 1 fully saturated rings. The number of alkyl halides is 3. The second-order valence-corrected chi connectivity index (χ2v) is 3.85. The zero-order valence-corrected chi connectivity index (χ0v) is 7.94. The molecule has 1 aliphatic rings. The molecule has 1 aliphatic heterocycles. The fourth-order valence-electron chi connectivity index (χ4n) is 1.43. The van der Waals surface area contributed by atoms with Crippen molar-refractivity contribution in [3.8, 4) is 0 Å². The number of rotatable bonds is 3. The molecule has 2 nitrogen and oxygen atoms in total. The van der Waals surface area contributed by atoms with Gasteiger partial charge in [-0.25, -0.2) is 0 Å². The van der Waals surface area contributed by atoms with E-state index in [0.717, 1.165) is 12.8 Å². The Kier molecular flexibility index (Phi) is 3.88. The van der Waals surface area contributed by atoms with Gasteiger partial charge in [-0.15, -0.1) is 0 Å². The summed E-state index contributed by atoms with van der Waals surface area (Å²) >= 11 is 4.69. The van der Waals surface area contributed by atoms with Crippen molar-refractivity contribution in [3.05, 3.63) is 0 Å². The molecular formula is C8H13ClF2O2. The minimum atomic E-state index is -3.50. The summed E-state index contributed by atoms with van der Waals surface area (Å²) in [5.74, 6) is 0.105. The predicted molar refractivity (Wildman–Crippen MR) is 45.0 cm³/mol. The molecule has 0 amide bonds. The van der Waals surface area contributed by atoms with Crippen molar-refractivity contribution in [1.29, 1.82) is 0 Å². The Bertz CT molecular complexity index is 155. The van der Waals surface area contributed by atoms with E-state index < -0.39 is 11.5 Å². The van der Waals surface area contributed by atoms with Crippen molar-refractivity contribution in [3.63, 3.8) is 0 Å². The van der Waals surface area contributed by atoms with Gasteiger partial charge < -0.3 is 9.84 Å². The Hall–Kier alpha value is 0.0700. The first kappa shape index (κ1) is 11.1. The minimum Gasteiger partial charge on any atom is -0.385 e. The van der Waals surface area contributed by atoms with Gasteiger partial charge in [0.1, 0.15) is 6.10 Å². The van der Waals surface area contributed by atoms with Crippen molar-refractivity contribution >= 4 is 11.6 Å². The molecule has 1 unspecified atom stereocenters. The van der Waals surface area contributed by atoms with Crippen LogP contribution in [0.25, 0.3) is 0 Å². The fraction of sp³-hybridized carbons (Fsp3) is 1.00. The Labute approximate surface area is 80.8 Å². The van der Waals surface area contributed by atoms with E-state index >= 15 is 0 Å². The van der Waals surface area contributed by atoms with E-state index in [1.165, 1.54) is 0 Å². The molecule has 0 saturated carbocycles. The lowest BCUT2D eigenvalue weighted by Crippen LogP contribution is -2.31. The van der Waals surface area contributed by atoms with Gasteiger partial charge in [0.2, 0.25) is 0 Å². The quantitative estimate of drug-likeness (QED) is 0.729. The number of hydrogen-bond donors (Lipinski definition) is 1. The van der Waals surface area contributed by atoms with Crippen LogP contribution in [0, 0.1) is 5.92 Å². The van der Waals surface area contributed by atoms with Crippen LogP contribution in [0.4, 0.5) is 8.78 Å². The highest BCUT2D eigenvalue weighted by Gasteiger charge is 2.37. The molecule has 0 aromatic heterocycles. The third kappa shape index (κ3) is 3.75. The largest absolute Gasteiger partial charge is 0.385 e. The van der Waals surface area contributed by atoms with Gasteiger partial charge in [0.25, 0.3) is 0 Å². The second-order valence-electron chi connectivity index (χ2n) is 3.35. The van der Waals surface area contributed by atoms with E-state index in [1.54, 1.807) is 0 Å². The van der Waals surface area contributed by atoms with E-state index in [4.69, 9.17) is 9.84 Å². The molecular weight excluding hydrogens is 202 g/mol. The summed E-state index contributed by atoms with van der Waals surface area (Å²) in [6.07, 6.45) is -0.231. The normalized spacial score (nSPS) is 23.1. The van der Waals surface area contributed by atoms with Crippen molar-refractivity contribution in [2.24, 2.45) is 5.92 Å². The smallest absolute Gasteiger partial charge is 0.347 e. The Morgan fingerprint density at radius 1 is 1.46 bits per heavy atom. The van der Waals surface area contributed by atoms with E-state index in [1.807, 2.05) is 0 Å². The lowest BCUT2D eigenvalue weighted by atomic mass is 9.94. The molecule has 1 N–H and O–H groups in total. The van der Waals surface area contributed by atoms with Crippen LogP contribution >= 0.6 is 11.6 Å². The van der Waals surface area contributed by atoms with Gasteiger partial charge in [-0.1, -0.05) is 0 Å². The van der Waals surface area contributed by atoms with Crippen molar-refractivity contribution < 1.29 is 18.6 Å². The third-order valence-corrected chi connectivity index (χ3v) is 2.53. The van der Waals surface area contributed by atoms with Crippen LogP contribution < -0.4 is 0 Å². The molecule has 5 heteroatoms. The van der Waals surface area contributed by atoms with Gasteiger partial charge in [-0.05, 0) is 36.8 Å². The van der Waals surface area contributed by atoms with E-state index in [9.17, 15) is 8.78 Å². The highest BCUT2D eigenvalue weighted by atomic mass is 35.5. The molecule has 0 aliphatic carbocycles. The van der Waals surface area contributed by atoms with Gasteiger partial charge in [-0.2, -0.15) is 8.78 Å². The number of aliphatic hydroxyl groups is 1. The van der Waals surface area contributed by atoms with Gasteiger partial charge in [0.15, 0.2) is 0 Å². The van der Waals surface area contributed by atoms with E-state index in [-0.39, 0.29) is 12.3 Å². The fourth-order valence-corrected chi connectivity index (χ4v) is 1.52. The zero-order chi connectivity index (χ0) is 9.90. The standard InChI is InChI=1S/C8H13ClF2O2/c9-8(10,11)7(12)5-6-1-3-13-4-2-6/h6-7,12H,1-5H2. The molecule has 0 bridgehead atoms. The van der Waals surface area contributed by atoms with Crippen LogP contribution in [0.5, 0.6) is 0 Å². The van der Waals surface area contributed by atoms with Crippen LogP contribution in [-0.4, -0.2) is 29.8 Å². The average Bonchev–Trinajstić information content (AvgIpc) is 2.04. The lowest BCUT2D eigenvalue weighted by molar-refractivity contribution is -0.0598. The van der Waals surface area contributed by atoms with Crippen molar-refractivity contribution in [2.45, 2.75) is 30.7 Å². The van der Waals surface area contributed by atoms with Crippen molar-refractivity contribution in [2.75, 3.05) is 13.2 Å². The van der Waals surface area contributed by atoms with Crippen LogP contribution in [0.3, 0.4) is 0 Å². The Morgan fingerprint density at radius 3 is 2.46 bits per heavy atom. The first-order chi connectivity index (χ1) is 6.00. The average molecular weight is 215 g/mol.